The topological polar surface area (TPSA) is 89.3 Å². The number of carbonyl (C=O) groups excluding carboxylic acids is 2. The van der Waals surface area contributed by atoms with Crippen molar-refractivity contribution in [2.75, 3.05) is 31.3 Å². The normalized spacial score (nSPS) is 14.9. The second kappa shape index (κ2) is 11.5. The van der Waals surface area contributed by atoms with Crippen LogP contribution in [0.3, 0.4) is 0 Å². The Labute approximate surface area is 210 Å². The molecule has 9 heteroatoms. The van der Waals surface area contributed by atoms with Crippen LogP contribution < -0.4 is 10.1 Å². The molecule has 1 N–H and O–H groups in total. The molecule has 0 radical (unpaired) electrons. The van der Waals surface area contributed by atoms with Crippen molar-refractivity contribution in [3.05, 3.63) is 59.9 Å². The lowest BCUT2D eigenvalue weighted by Crippen LogP contribution is -2.33. The number of anilines is 1. The molecule has 1 aromatic heterocycles. The van der Waals surface area contributed by atoms with Crippen molar-refractivity contribution in [2.45, 2.75) is 44.3 Å². The Morgan fingerprint density at radius 1 is 1.09 bits per heavy atom. The summed E-state index contributed by atoms with van der Waals surface area (Å²) in [4.78, 5) is 26.8. The molecule has 4 rings (SSSR count). The maximum Gasteiger partial charge on any atom is 0.234 e. The number of ether oxygens (including phenoxy) is 1. The molecule has 1 unspecified atom stereocenters. The first kappa shape index (κ1) is 24.9. The van der Waals surface area contributed by atoms with E-state index >= 15 is 0 Å². The summed E-state index contributed by atoms with van der Waals surface area (Å²) in [7, 11) is 1.64. The lowest BCUT2D eigenvalue weighted by molar-refractivity contribution is -0.113. The van der Waals surface area contributed by atoms with Gasteiger partial charge in [-0.1, -0.05) is 30.3 Å². The van der Waals surface area contributed by atoms with Crippen LogP contribution in [0.25, 0.3) is 5.69 Å². The minimum atomic E-state index is -0.175. The molecule has 2 heterocycles. The Kier molecular flexibility index (Phi) is 8.20. The summed E-state index contributed by atoms with van der Waals surface area (Å²) in [5.41, 5.74) is 2.08. The van der Waals surface area contributed by atoms with E-state index in [1.807, 2.05) is 28.8 Å². The van der Waals surface area contributed by atoms with Crippen LogP contribution in [0, 0.1) is 0 Å². The second-order valence-electron chi connectivity index (χ2n) is 8.62. The summed E-state index contributed by atoms with van der Waals surface area (Å²) in [6, 6.07) is 14.8. The first-order valence-corrected chi connectivity index (χ1v) is 12.8. The fraction of sp³-hybridized carbons (Fsp3) is 0.385. The van der Waals surface area contributed by atoms with E-state index in [9.17, 15) is 9.59 Å². The number of methoxy groups -OCH3 is 1. The first-order valence-electron chi connectivity index (χ1n) is 11.8. The number of nitrogens with one attached hydrogen (secondary N) is 1. The molecule has 0 aliphatic carbocycles. The fourth-order valence-electron chi connectivity index (χ4n) is 4.23. The van der Waals surface area contributed by atoms with Gasteiger partial charge in [0.05, 0.1) is 18.9 Å². The molecule has 184 valence electrons. The maximum atomic E-state index is 12.7. The van der Waals surface area contributed by atoms with E-state index < -0.39 is 0 Å². The van der Waals surface area contributed by atoms with Gasteiger partial charge in [-0.05, 0) is 76.2 Å². The molecule has 8 nitrogen and oxygen atoms in total. The number of hydrogen-bond acceptors (Lipinski definition) is 7. The Balaban J connectivity index is 1.54. The van der Waals surface area contributed by atoms with Gasteiger partial charge in [0.1, 0.15) is 5.75 Å². The van der Waals surface area contributed by atoms with Crippen LogP contribution in [0.15, 0.2) is 53.7 Å². The van der Waals surface area contributed by atoms with Crippen LogP contribution in [-0.4, -0.2) is 57.3 Å². The van der Waals surface area contributed by atoms with E-state index in [0.717, 1.165) is 30.4 Å². The highest BCUT2D eigenvalue weighted by Crippen LogP contribution is 2.30. The van der Waals surface area contributed by atoms with Gasteiger partial charge in [-0.25, -0.2) is 0 Å². The van der Waals surface area contributed by atoms with Gasteiger partial charge in [0, 0.05) is 16.9 Å². The van der Waals surface area contributed by atoms with Crippen molar-refractivity contribution < 1.29 is 14.3 Å². The number of ketones is 1. The molecule has 35 heavy (non-hydrogen) atoms. The summed E-state index contributed by atoms with van der Waals surface area (Å²) in [5.74, 6) is 1.57. The minimum Gasteiger partial charge on any atom is -0.497 e. The zero-order chi connectivity index (χ0) is 24.8. The van der Waals surface area contributed by atoms with E-state index in [4.69, 9.17) is 4.74 Å². The molecule has 1 amide bonds. The SMILES string of the molecule is COc1ccc(-n2c(SCC(=O)Nc3cccc(C(C)=O)c3)nnc2C(C)N2CCCCC2)cc1. The summed E-state index contributed by atoms with van der Waals surface area (Å²) in [6.45, 7) is 5.76. The number of nitrogens with zero attached hydrogens (tertiary/aromatic N) is 4. The highest BCUT2D eigenvalue weighted by atomic mass is 32.2. The Morgan fingerprint density at radius 3 is 2.51 bits per heavy atom. The molecule has 1 aliphatic rings. The van der Waals surface area contributed by atoms with Gasteiger partial charge in [0.25, 0.3) is 0 Å². The number of carbonyl (C=O) groups is 2. The van der Waals surface area contributed by atoms with Gasteiger partial charge < -0.3 is 10.1 Å². The van der Waals surface area contributed by atoms with Crippen LogP contribution in [-0.2, 0) is 4.79 Å². The third-order valence-electron chi connectivity index (χ3n) is 6.19. The summed E-state index contributed by atoms with van der Waals surface area (Å²) in [5, 5.41) is 12.5. The van der Waals surface area contributed by atoms with Crippen LogP contribution in [0.1, 0.15) is 55.3 Å². The molecular formula is C26H31N5O3S. The number of piperidine rings is 1. The Hall–Kier alpha value is -3.17. The highest BCUT2D eigenvalue weighted by Gasteiger charge is 2.26. The number of amides is 1. The molecule has 0 spiro atoms. The van der Waals surface area contributed by atoms with Crippen molar-refractivity contribution in [1.82, 2.24) is 19.7 Å². The minimum absolute atomic E-state index is 0.0431. The lowest BCUT2D eigenvalue weighted by Gasteiger charge is -2.31. The fourth-order valence-corrected chi connectivity index (χ4v) is 4.99. The van der Waals surface area contributed by atoms with Gasteiger partial charge in [-0.3, -0.25) is 19.1 Å². The number of benzene rings is 2. The van der Waals surface area contributed by atoms with Gasteiger partial charge >= 0.3 is 0 Å². The van der Waals surface area contributed by atoms with Crippen molar-refractivity contribution in [2.24, 2.45) is 0 Å². The molecule has 1 saturated heterocycles. The van der Waals surface area contributed by atoms with Gasteiger partial charge in [0.15, 0.2) is 16.8 Å². The summed E-state index contributed by atoms with van der Waals surface area (Å²) >= 11 is 1.34. The lowest BCUT2D eigenvalue weighted by atomic mass is 10.1. The highest BCUT2D eigenvalue weighted by molar-refractivity contribution is 7.99. The van der Waals surface area contributed by atoms with Gasteiger partial charge in [-0.15, -0.1) is 10.2 Å². The third kappa shape index (κ3) is 6.10. The van der Waals surface area contributed by atoms with Crippen LogP contribution >= 0.6 is 11.8 Å². The standard InChI is InChI=1S/C26H31N5O3S/c1-18(30-14-5-4-6-15-30)25-28-29-26(31(25)22-10-12-23(34-3)13-11-22)35-17-24(33)27-21-9-7-8-20(16-21)19(2)32/h7-13,16,18H,4-6,14-15,17H2,1-3H3,(H,27,33). The third-order valence-corrected chi connectivity index (χ3v) is 7.12. The van der Waals surface area contributed by atoms with E-state index in [1.165, 1.54) is 37.9 Å². The molecular weight excluding hydrogens is 462 g/mol. The number of likely N-dealkylation sites (tertiary alicyclic amines) is 1. The summed E-state index contributed by atoms with van der Waals surface area (Å²) < 4.78 is 7.36. The van der Waals surface area contributed by atoms with Crippen molar-refractivity contribution >= 4 is 29.1 Å². The molecule has 3 aromatic rings. The predicted molar refractivity (Wildman–Crippen MR) is 138 cm³/mol. The Morgan fingerprint density at radius 2 is 1.83 bits per heavy atom. The van der Waals surface area contributed by atoms with E-state index in [0.29, 0.717) is 16.4 Å². The van der Waals surface area contributed by atoms with Gasteiger partial charge in [0.2, 0.25) is 5.91 Å². The summed E-state index contributed by atoms with van der Waals surface area (Å²) in [6.07, 6.45) is 3.64. The number of hydrogen-bond donors (Lipinski definition) is 1. The average Bonchev–Trinajstić information content (AvgIpc) is 3.31. The van der Waals surface area contributed by atoms with Crippen LogP contribution in [0.4, 0.5) is 5.69 Å². The number of Topliss-reactive ketones (excluding diaryl/α,β-unsaturated/α-hetero) is 1. The first-order chi connectivity index (χ1) is 17.0. The second-order valence-corrected chi connectivity index (χ2v) is 9.56. The van der Waals surface area contributed by atoms with E-state index in [1.54, 1.807) is 31.4 Å². The Bertz CT molecular complexity index is 1170. The quantitative estimate of drug-likeness (QED) is 0.340. The van der Waals surface area contributed by atoms with Crippen molar-refractivity contribution in [3.8, 4) is 11.4 Å². The van der Waals surface area contributed by atoms with Gasteiger partial charge in [-0.2, -0.15) is 0 Å². The molecule has 1 aliphatic heterocycles. The van der Waals surface area contributed by atoms with E-state index in [2.05, 4.69) is 27.3 Å². The zero-order valence-electron chi connectivity index (χ0n) is 20.4. The average molecular weight is 494 g/mol. The monoisotopic (exact) mass is 493 g/mol. The molecule has 2 aromatic carbocycles. The van der Waals surface area contributed by atoms with E-state index in [-0.39, 0.29) is 23.5 Å². The largest absolute Gasteiger partial charge is 0.497 e. The number of aromatic nitrogens is 3. The van der Waals surface area contributed by atoms with Crippen molar-refractivity contribution in [3.63, 3.8) is 0 Å². The van der Waals surface area contributed by atoms with Crippen LogP contribution in [0.2, 0.25) is 0 Å². The molecule has 1 atom stereocenters. The van der Waals surface area contributed by atoms with Crippen LogP contribution in [0.5, 0.6) is 5.75 Å². The number of thioether (sulfide) groups is 1. The maximum absolute atomic E-state index is 12.7. The predicted octanol–water partition coefficient (Wildman–Crippen LogP) is 4.76. The number of rotatable bonds is 9. The van der Waals surface area contributed by atoms with Crippen molar-refractivity contribution in [1.29, 1.82) is 0 Å². The smallest absolute Gasteiger partial charge is 0.234 e. The molecule has 1 fully saturated rings. The zero-order valence-corrected chi connectivity index (χ0v) is 21.2. The molecule has 0 saturated carbocycles. The molecule has 0 bridgehead atoms.